The van der Waals surface area contributed by atoms with Crippen LogP contribution in [-0.2, 0) is 0 Å². The summed E-state index contributed by atoms with van der Waals surface area (Å²) in [6, 6.07) is 11.4. The quantitative estimate of drug-likeness (QED) is 0.260. The Kier molecular flexibility index (Phi) is 8.57. The first-order valence-electron chi connectivity index (χ1n) is 14.0. The van der Waals surface area contributed by atoms with E-state index in [1.807, 2.05) is 0 Å². The van der Waals surface area contributed by atoms with Crippen LogP contribution in [0.3, 0.4) is 0 Å². The summed E-state index contributed by atoms with van der Waals surface area (Å²) >= 11 is 0. The van der Waals surface area contributed by atoms with Gasteiger partial charge in [-0.15, -0.1) is 0 Å². The molecule has 190 valence electrons. The standard InChI is InChI=1S/C35H46P/c1-27-18-21-32(22-19-27)36(31-15-8-7-9-16-31,34-17-11-10-13-30(34)4)26-24-28(2)20-23-33-29(3)14-12-25-35(33,5)6/h7-11,13,15-18,20-24,27,30,34H,12,14,19,25-26H2,1-6H3/q+1/b23-20+,28-24+. The normalized spacial score (nSPS) is 27.9. The van der Waals surface area contributed by atoms with Crippen LogP contribution in [0, 0.1) is 17.3 Å². The highest BCUT2D eigenvalue weighted by atomic mass is 31.2. The molecule has 4 unspecified atom stereocenters. The van der Waals surface area contributed by atoms with Crippen LogP contribution in [-0.4, -0.2) is 11.8 Å². The van der Waals surface area contributed by atoms with Crippen molar-refractivity contribution in [2.24, 2.45) is 17.3 Å². The van der Waals surface area contributed by atoms with Gasteiger partial charge >= 0.3 is 0 Å². The van der Waals surface area contributed by atoms with Crippen molar-refractivity contribution in [1.82, 2.24) is 0 Å². The number of hydrogen-bond donors (Lipinski definition) is 0. The highest BCUT2D eigenvalue weighted by molar-refractivity contribution is 7.87. The molecule has 0 radical (unpaired) electrons. The van der Waals surface area contributed by atoms with Gasteiger partial charge < -0.3 is 0 Å². The van der Waals surface area contributed by atoms with E-state index in [9.17, 15) is 0 Å². The predicted molar refractivity (Wildman–Crippen MR) is 163 cm³/mol. The van der Waals surface area contributed by atoms with Crippen molar-refractivity contribution in [3.8, 4) is 0 Å². The molecule has 1 heteroatoms. The lowest BCUT2D eigenvalue weighted by molar-refractivity contribution is 0.377. The molecule has 0 heterocycles. The number of allylic oxidation sites excluding steroid dienone is 14. The second-order valence-corrected chi connectivity index (χ2v) is 15.7. The highest BCUT2D eigenvalue weighted by Crippen LogP contribution is 2.71. The first-order valence-corrected chi connectivity index (χ1v) is 16.0. The van der Waals surface area contributed by atoms with Gasteiger partial charge in [0.05, 0.1) is 18.7 Å². The zero-order valence-corrected chi connectivity index (χ0v) is 24.3. The van der Waals surface area contributed by atoms with Crippen LogP contribution in [0.25, 0.3) is 0 Å². The van der Waals surface area contributed by atoms with Gasteiger partial charge in [-0.1, -0.05) is 93.5 Å². The van der Waals surface area contributed by atoms with E-state index < -0.39 is 7.26 Å². The zero-order valence-electron chi connectivity index (χ0n) is 23.4. The van der Waals surface area contributed by atoms with Crippen molar-refractivity contribution in [2.45, 2.75) is 72.9 Å². The summed E-state index contributed by atoms with van der Waals surface area (Å²) < 4.78 is 0. The van der Waals surface area contributed by atoms with E-state index >= 15 is 0 Å². The van der Waals surface area contributed by atoms with Crippen LogP contribution >= 0.6 is 7.26 Å². The van der Waals surface area contributed by atoms with Crippen LogP contribution in [0.2, 0.25) is 0 Å². The molecule has 0 saturated heterocycles. The zero-order chi connectivity index (χ0) is 25.8. The Morgan fingerprint density at radius 2 is 1.81 bits per heavy atom. The summed E-state index contributed by atoms with van der Waals surface area (Å²) in [7, 11) is -1.72. The fraction of sp³-hybridized carbons (Fsp3) is 0.429. The smallest absolute Gasteiger partial charge is 0.0775 e. The summed E-state index contributed by atoms with van der Waals surface area (Å²) in [6.45, 7) is 14.2. The molecule has 0 aliphatic heterocycles. The first kappa shape index (κ1) is 26.9. The van der Waals surface area contributed by atoms with Crippen LogP contribution in [0.15, 0.2) is 113 Å². The molecule has 1 aromatic rings. The summed E-state index contributed by atoms with van der Waals surface area (Å²) in [5, 5.41) is 3.12. The molecule has 4 atom stereocenters. The average Bonchev–Trinajstić information content (AvgIpc) is 2.86. The minimum Gasteiger partial charge on any atom is -0.0775 e. The number of rotatable bonds is 7. The van der Waals surface area contributed by atoms with Gasteiger partial charge in [0.1, 0.15) is 11.0 Å². The summed E-state index contributed by atoms with van der Waals surface area (Å²) in [4.78, 5) is 0. The molecule has 0 bridgehead atoms. The second-order valence-electron chi connectivity index (χ2n) is 11.9. The molecule has 0 fully saturated rings. The molecule has 3 aliphatic carbocycles. The van der Waals surface area contributed by atoms with E-state index in [0.717, 1.165) is 12.6 Å². The van der Waals surface area contributed by atoms with Crippen LogP contribution in [0.1, 0.15) is 67.2 Å². The first-order chi connectivity index (χ1) is 17.2. The number of hydrogen-bond acceptors (Lipinski definition) is 0. The molecule has 0 saturated carbocycles. The van der Waals surface area contributed by atoms with E-state index in [1.54, 1.807) is 16.5 Å². The molecular weight excluding hydrogens is 451 g/mol. The Morgan fingerprint density at radius 3 is 2.47 bits per heavy atom. The fourth-order valence-corrected chi connectivity index (χ4v) is 11.4. The maximum Gasteiger partial charge on any atom is 0.104 e. The van der Waals surface area contributed by atoms with Gasteiger partial charge in [0, 0.05) is 5.92 Å². The Morgan fingerprint density at radius 1 is 1.06 bits per heavy atom. The molecule has 3 aliphatic rings. The van der Waals surface area contributed by atoms with Gasteiger partial charge in [-0.05, 0) is 92.9 Å². The lowest BCUT2D eigenvalue weighted by Gasteiger charge is -2.37. The third kappa shape index (κ3) is 5.70. The lowest BCUT2D eigenvalue weighted by atomic mass is 9.72. The second kappa shape index (κ2) is 11.5. The van der Waals surface area contributed by atoms with Crippen molar-refractivity contribution < 1.29 is 0 Å². The predicted octanol–water partition coefficient (Wildman–Crippen LogP) is 9.97. The van der Waals surface area contributed by atoms with Gasteiger partial charge in [-0.2, -0.15) is 0 Å². The van der Waals surface area contributed by atoms with E-state index in [1.165, 1.54) is 30.1 Å². The fourth-order valence-electron chi connectivity index (χ4n) is 6.37. The lowest BCUT2D eigenvalue weighted by Crippen LogP contribution is -2.30. The average molecular weight is 498 g/mol. The van der Waals surface area contributed by atoms with E-state index in [4.69, 9.17) is 0 Å². The van der Waals surface area contributed by atoms with Crippen LogP contribution in [0.4, 0.5) is 0 Å². The minimum atomic E-state index is -1.72. The summed E-state index contributed by atoms with van der Waals surface area (Å²) in [5.74, 6) is 1.15. The van der Waals surface area contributed by atoms with Crippen molar-refractivity contribution >= 4 is 12.6 Å². The van der Waals surface area contributed by atoms with Crippen molar-refractivity contribution in [3.63, 3.8) is 0 Å². The van der Waals surface area contributed by atoms with E-state index in [-0.39, 0.29) is 5.41 Å². The van der Waals surface area contributed by atoms with E-state index in [0.29, 0.717) is 17.5 Å². The summed E-state index contributed by atoms with van der Waals surface area (Å²) in [6.07, 6.45) is 30.4. The van der Waals surface area contributed by atoms with E-state index in [2.05, 4.69) is 133 Å². The molecule has 0 aromatic heterocycles. The maximum atomic E-state index is 2.57. The van der Waals surface area contributed by atoms with Crippen molar-refractivity contribution in [3.05, 3.63) is 113 Å². The van der Waals surface area contributed by atoms with Crippen LogP contribution in [0.5, 0.6) is 0 Å². The molecule has 0 amide bonds. The molecular formula is C35H46P+. The molecule has 1 aromatic carbocycles. The molecule has 36 heavy (non-hydrogen) atoms. The van der Waals surface area contributed by atoms with Gasteiger partial charge in [-0.3, -0.25) is 0 Å². The molecule has 0 nitrogen and oxygen atoms in total. The van der Waals surface area contributed by atoms with Gasteiger partial charge in [-0.25, -0.2) is 0 Å². The minimum absolute atomic E-state index is 0.281. The Hall–Kier alpha value is -2.17. The topological polar surface area (TPSA) is 0 Å². The Balaban J connectivity index is 1.76. The largest absolute Gasteiger partial charge is 0.104 e. The maximum absolute atomic E-state index is 2.57. The SMILES string of the molecule is CC1=C(/C=C/C(C)=C/C[P+](C2=CCC(C)C=C2)(c2ccccc2)C2C=CC=CC2C)C(C)(C)CCC1. The highest BCUT2D eigenvalue weighted by Gasteiger charge is 2.51. The third-order valence-electron chi connectivity index (χ3n) is 8.61. The summed E-state index contributed by atoms with van der Waals surface area (Å²) in [5.41, 5.74) is 5.30. The Labute approximate surface area is 221 Å². The van der Waals surface area contributed by atoms with Crippen LogP contribution < -0.4 is 5.30 Å². The van der Waals surface area contributed by atoms with Gasteiger partial charge in [0.2, 0.25) is 0 Å². The number of benzene rings is 1. The molecule has 0 N–H and O–H groups in total. The van der Waals surface area contributed by atoms with Gasteiger partial charge in [0.15, 0.2) is 0 Å². The van der Waals surface area contributed by atoms with Crippen molar-refractivity contribution in [1.29, 1.82) is 0 Å². The third-order valence-corrected chi connectivity index (χ3v) is 13.5. The Bertz CT molecular complexity index is 1130. The molecule has 4 rings (SSSR count). The van der Waals surface area contributed by atoms with Gasteiger partial charge in [0.25, 0.3) is 0 Å². The van der Waals surface area contributed by atoms with Crippen molar-refractivity contribution in [2.75, 3.05) is 6.16 Å². The monoisotopic (exact) mass is 497 g/mol. The molecule has 0 spiro atoms.